The average molecular weight is 226 g/mol. The number of hydrogen-bond acceptors (Lipinski definition) is 3. The maximum absolute atomic E-state index is 6.25. The monoisotopic (exact) mass is 225 g/mol. The average Bonchev–Trinajstić information content (AvgIpc) is 2.29. The number of nitrogens with zero attached hydrogens (tertiary/aromatic N) is 2. The van der Waals surface area contributed by atoms with E-state index >= 15 is 0 Å². The van der Waals surface area contributed by atoms with Crippen LogP contribution in [-0.2, 0) is 6.54 Å². The quantitative estimate of drug-likeness (QED) is 0.801. The first kappa shape index (κ1) is 10.8. The van der Waals surface area contributed by atoms with Crippen molar-refractivity contribution in [2.75, 3.05) is 0 Å². The van der Waals surface area contributed by atoms with E-state index < -0.39 is 0 Å². The van der Waals surface area contributed by atoms with Crippen LogP contribution in [0, 0.1) is 0 Å². The van der Waals surface area contributed by atoms with Gasteiger partial charge in [-0.1, -0.05) is 12.8 Å². The first-order chi connectivity index (χ1) is 7.36. The molecule has 0 radical (unpaired) electrons. The predicted molar refractivity (Wildman–Crippen MR) is 60.8 cm³/mol. The SMILES string of the molecule is ClC1CCCCC1NCc1ncccn1. The van der Waals surface area contributed by atoms with Crippen LogP contribution in [0.4, 0.5) is 0 Å². The molecule has 15 heavy (non-hydrogen) atoms. The number of rotatable bonds is 3. The molecule has 0 bridgehead atoms. The Morgan fingerprint density at radius 1 is 1.27 bits per heavy atom. The lowest BCUT2D eigenvalue weighted by Gasteiger charge is -2.27. The van der Waals surface area contributed by atoms with E-state index in [4.69, 9.17) is 11.6 Å². The summed E-state index contributed by atoms with van der Waals surface area (Å²) in [6, 6.07) is 2.25. The maximum Gasteiger partial charge on any atom is 0.141 e. The Bertz CT molecular complexity index is 291. The third kappa shape index (κ3) is 3.14. The van der Waals surface area contributed by atoms with Gasteiger partial charge in [-0.15, -0.1) is 11.6 Å². The lowest BCUT2D eigenvalue weighted by Crippen LogP contribution is -2.39. The predicted octanol–water partition coefficient (Wildman–Crippen LogP) is 2.12. The van der Waals surface area contributed by atoms with E-state index in [1.54, 1.807) is 12.4 Å². The second-order valence-electron chi connectivity index (χ2n) is 3.95. The summed E-state index contributed by atoms with van der Waals surface area (Å²) in [5, 5.41) is 3.70. The van der Waals surface area contributed by atoms with E-state index in [9.17, 15) is 0 Å². The topological polar surface area (TPSA) is 37.8 Å². The Morgan fingerprint density at radius 2 is 2.00 bits per heavy atom. The summed E-state index contributed by atoms with van der Waals surface area (Å²) in [5.74, 6) is 0.840. The molecule has 0 spiro atoms. The summed E-state index contributed by atoms with van der Waals surface area (Å²) in [4.78, 5) is 8.34. The molecule has 0 aliphatic heterocycles. The van der Waals surface area contributed by atoms with Crippen molar-refractivity contribution >= 4 is 11.6 Å². The lowest BCUT2D eigenvalue weighted by molar-refractivity contribution is 0.375. The van der Waals surface area contributed by atoms with E-state index in [0.29, 0.717) is 12.6 Å². The van der Waals surface area contributed by atoms with Gasteiger partial charge < -0.3 is 5.32 Å². The molecule has 3 nitrogen and oxygen atoms in total. The molecule has 0 aromatic carbocycles. The third-order valence-electron chi connectivity index (χ3n) is 2.82. The van der Waals surface area contributed by atoms with Crippen LogP contribution >= 0.6 is 11.6 Å². The highest BCUT2D eigenvalue weighted by Gasteiger charge is 2.22. The molecule has 0 saturated heterocycles. The molecule has 1 heterocycles. The van der Waals surface area contributed by atoms with Gasteiger partial charge in [0, 0.05) is 23.8 Å². The van der Waals surface area contributed by atoms with Crippen LogP contribution in [-0.4, -0.2) is 21.4 Å². The Balaban J connectivity index is 1.82. The van der Waals surface area contributed by atoms with Crippen LogP contribution in [0.5, 0.6) is 0 Å². The molecule has 1 fully saturated rings. The van der Waals surface area contributed by atoms with E-state index in [0.717, 1.165) is 12.2 Å². The standard InChI is InChI=1S/C11H16ClN3/c12-9-4-1-2-5-10(9)15-8-11-13-6-3-7-14-11/h3,6-7,9-10,15H,1-2,4-5,8H2. The highest BCUT2D eigenvalue weighted by Crippen LogP contribution is 2.22. The van der Waals surface area contributed by atoms with Crippen LogP contribution in [0.3, 0.4) is 0 Å². The van der Waals surface area contributed by atoms with Crippen molar-refractivity contribution in [1.29, 1.82) is 0 Å². The molecule has 2 rings (SSSR count). The molecule has 2 unspecified atom stereocenters. The number of alkyl halides is 1. The molecular weight excluding hydrogens is 210 g/mol. The number of nitrogens with one attached hydrogen (secondary N) is 1. The largest absolute Gasteiger partial charge is 0.306 e. The highest BCUT2D eigenvalue weighted by atomic mass is 35.5. The Hall–Kier alpha value is -0.670. The molecule has 2 atom stereocenters. The van der Waals surface area contributed by atoms with E-state index in [-0.39, 0.29) is 5.38 Å². The van der Waals surface area contributed by atoms with Gasteiger partial charge in [-0.3, -0.25) is 0 Å². The highest BCUT2D eigenvalue weighted by molar-refractivity contribution is 6.21. The van der Waals surface area contributed by atoms with Crippen molar-refractivity contribution in [3.8, 4) is 0 Å². The molecule has 1 saturated carbocycles. The molecule has 1 N–H and O–H groups in total. The Morgan fingerprint density at radius 3 is 2.73 bits per heavy atom. The molecule has 0 amide bonds. The molecular formula is C11H16ClN3. The van der Waals surface area contributed by atoms with Crippen LogP contribution < -0.4 is 5.32 Å². The summed E-state index contributed by atoms with van der Waals surface area (Å²) in [6.45, 7) is 0.717. The number of aromatic nitrogens is 2. The van der Waals surface area contributed by atoms with Gasteiger partial charge in [-0.25, -0.2) is 9.97 Å². The van der Waals surface area contributed by atoms with Crippen molar-refractivity contribution in [1.82, 2.24) is 15.3 Å². The van der Waals surface area contributed by atoms with Gasteiger partial charge in [0.1, 0.15) is 5.82 Å². The molecule has 82 valence electrons. The zero-order valence-corrected chi connectivity index (χ0v) is 9.45. The summed E-state index contributed by atoms with van der Waals surface area (Å²) in [7, 11) is 0. The minimum Gasteiger partial charge on any atom is -0.306 e. The van der Waals surface area contributed by atoms with Crippen molar-refractivity contribution in [3.63, 3.8) is 0 Å². The minimum atomic E-state index is 0.266. The maximum atomic E-state index is 6.25. The fourth-order valence-electron chi connectivity index (χ4n) is 1.96. The fourth-order valence-corrected chi connectivity index (χ4v) is 2.33. The summed E-state index contributed by atoms with van der Waals surface area (Å²) >= 11 is 6.25. The second-order valence-corrected chi connectivity index (χ2v) is 4.51. The molecule has 4 heteroatoms. The third-order valence-corrected chi connectivity index (χ3v) is 3.35. The van der Waals surface area contributed by atoms with Crippen molar-refractivity contribution in [2.24, 2.45) is 0 Å². The number of hydrogen-bond donors (Lipinski definition) is 1. The molecule has 1 aliphatic carbocycles. The zero-order chi connectivity index (χ0) is 10.5. The van der Waals surface area contributed by atoms with Gasteiger partial charge in [0.2, 0.25) is 0 Å². The Labute approximate surface area is 95.3 Å². The summed E-state index contributed by atoms with van der Waals surface area (Å²) in [6.07, 6.45) is 8.35. The van der Waals surface area contributed by atoms with Crippen LogP contribution in [0.25, 0.3) is 0 Å². The first-order valence-electron chi connectivity index (χ1n) is 5.49. The lowest BCUT2D eigenvalue weighted by atomic mass is 9.95. The van der Waals surface area contributed by atoms with Gasteiger partial charge in [-0.2, -0.15) is 0 Å². The Kier molecular flexibility index (Phi) is 3.92. The second kappa shape index (κ2) is 5.42. The van der Waals surface area contributed by atoms with E-state index in [1.807, 2.05) is 6.07 Å². The van der Waals surface area contributed by atoms with Gasteiger partial charge in [-0.05, 0) is 18.9 Å². The molecule has 1 aromatic rings. The first-order valence-corrected chi connectivity index (χ1v) is 5.93. The van der Waals surface area contributed by atoms with Gasteiger partial charge in [0.25, 0.3) is 0 Å². The van der Waals surface area contributed by atoms with E-state index in [1.165, 1.54) is 19.3 Å². The van der Waals surface area contributed by atoms with Crippen molar-refractivity contribution in [3.05, 3.63) is 24.3 Å². The van der Waals surface area contributed by atoms with Gasteiger partial charge in [0.05, 0.1) is 6.54 Å². The minimum absolute atomic E-state index is 0.266. The van der Waals surface area contributed by atoms with Crippen molar-refractivity contribution in [2.45, 2.75) is 43.6 Å². The fraction of sp³-hybridized carbons (Fsp3) is 0.636. The summed E-state index contributed by atoms with van der Waals surface area (Å²) < 4.78 is 0. The van der Waals surface area contributed by atoms with E-state index in [2.05, 4.69) is 15.3 Å². The van der Waals surface area contributed by atoms with Crippen LogP contribution in [0.15, 0.2) is 18.5 Å². The van der Waals surface area contributed by atoms with Gasteiger partial charge >= 0.3 is 0 Å². The van der Waals surface area contributed by atoms with Crippen LogP contribution in [0.1, 0.15) is 31.5 Å². The molecule has 1 aliphatic rings. The van der Waals surface area contributed by atoms with Gasteiger partial charge in [0.15, 0.2) is 0 Å². The zero-order valence-electron chi connectivity index (χ0n) is 8.69. The van der Waals surface area contributed by atoms with Crippen molar-refractivity contribution < 1.29 is 0 Å². The van der Waals surface area contributed by atoms with Crippen LogP contribution in [0.2, 0.25) is 0 Å². The smallest absolute Gasteiger partial charge is 0.141 e. The number of halogens is 1. The summed E-state index contributed by atoms with van der Waals surface area (Å²) in [5.41, 5.74) is 0. The normalized spacial score (nSPS) is 26.5. The molecule has 1 aromatic heterocycles.